The van der Waals surface area contributed by atoms with Crippen molar-refractivity contribution in [2.24, 2.45) is 0 Å². The SMILES string of the molecule is c1ccc(C2(c3cccc(N(c4ccc(-n5c6ccccc6c6ccccc65)cc4)c4ccc5ccccc5c4)c3)c3ccccc3-c3ccccc32)cc1. The van der Waals surface area contributed by atoms with Gasteiger partial charge in [0.25, 0.3) is 0 Å². The molecule has 9 aromatic carbocycles. The summed E-state index contributed by atoms with van der Waals surface area (Å²) in [5.41, 5.74) is 14.1. The van der Waals surface area contributed by atoms with Crippen LogP contribution < -0.4 is 4.90 Å². The highest BCUT2D eigenvalue weighted by Gasteiger charge is 2.46. The Kier molecular flexibility index (Phi) is 7.11. The van der Waals surface area contributed by atoms with E-state index in [1.807, 2.05) is 0 Å². The number of rotatable bonds is 6. The third kappa shape index (κ3) is 4.75. The highest BCUT2D eigenvalue weighted by atomic mass is 15.1. The zero-order chi connectivity index (χ0) is 36.3. The van der Waals surface area contributed by atoms with Crippen LogP contribution in [0.2, 0.25) is 0 Å². The predicted octanol–water partition coefficient (Wildman–Crippen LogP) is 13.8. The predicted molar refractivity (Wildman–Crippen MR) is 230 cm³/mol. The van der Waals surface area contributed by atoms with Crippen LogP contribution in [-0.4, -0.2) is 4.57 Å². The van der Waals surface area contributed by atoms with Gasteiger partial charge in [0.2, 0.25) is 0 Å². The second-order valence-electron chi connectivity index (χ2n) is 14.5. The molecule has 2 nitrogen and oxygen atoms in total. The van der Waals surface area contributed by atoms with E-state index in [9.17, 15) is 0 Å². The van der Waals surface area contributed by atoms with Crippen LogP contribution in [-0.2, 0) is 5.41 Å². The van der Waals surface area contributed by atoms with Crippen LogP contribution in [0.25, 0.3) is 49.4 Å². The second-order valence-corrected chi connectivity index (χ2v) is 14.5. The number of anilines is 3. The summed E-state index contributed by atoms with van der Waals surface area (Å²) in [5, 5.41) is 4.96. The molecule has 1 aromatic heterocycles. The van der Waals surface area contributed by atoms with E-state index in [0.29, 0.717) is 0 Å². The van der Waals surface area contributed by atoms with Crippen LogP contribution in [0.1, 0.15) is 22.3 Å². The smallest absolute Gasteiger partial charge is 0.0714 e. The van der Waals surface area contributed by atoms with Gasteiger partial charge < -0.3 is 9.47 Å². The fraction of sp³-hybridized carbons (Fsp3) is 0.0189. The molecular weight excluding hydrogens is 665 g/mol. The molecule has 11 rings (SSSR count). The van der Waals surface area contributed by atoms with Crippen LogP contribution in [0.3, 0.4) is 0 Å². The summed E-state index contributed by atoms with van der Waals surface area (Å²) >= 11 is 0. The monoisotopic (exact) mass is 700 g/mol. The Morgan fingerprint density at radius 3 is 1.56 bits per heavy atom. The minimum Gasteiger partial charge on any atom is -0.310 e. The number of hydrogen-bond acceptors (Lipinski definition) is 1. The molecule has 258 valence electrons. The maximum Gasteiger partial charge on any atom is 0.0714 e. The molecule has 1 aliphatic rings. The lowest BCUT2D eigenvalue weighted by molar-refractivity contribution is 0.768. The van der Waals surface area contributed by atoms with E-state index in [0.717, 1.165) is 22.7 Å². The van der Waals surface area contributed by atoms with Crippen molar-refractivity contribution in [3.63, 3.8) is 0 Å². The van der Waals surface area contributed by atoms with Gasteiger partial charge in [-0.3, -0.25) is 0 Å². The van der Waals surface area contributed by atoms with Crippen LogP contribution in [0, 0.1) is 0 Å². The first-order valence-corrected chi connectivity index (χ1v) is 19.0. The normalized spacial score (nSPS) is 12.9. The summed E-state index contributed by atoms with van der Waals surface area (Å²) in [6.07, 6.45) is 0. The summed E-state index contributed by atoms with van der Waals surface area (Å²) in [6.45, 7) is 0. The molecule has 10 aromatic rings. The molecule has 0 bridgehead atoms. The van der Waals surface area contributed by atoms with Gasteiger partial charge in [-0.15, -0.1) is 0 Å². The lowest BCUT2D eigenvalue weighted by Crippen LogP contribution is -2.28. The molecule has 0 amide bonds. The van der Waals surface area contributed by atoms with E-state index in [1.54, 1.807) is 0 Å². The van der Waals surface area contributed by atoms with Gasteiger partial charge in [-0.2, -0.15) is 0 Å². The van der Waals surface area contributed by atoms with Gasteiger partial charge >= 0.3 is 0 Å². The summed E-state index contributed by atoms with van der Waals surface area (Å²) < 4.78 is 2.38. The maximum atomic E-state index is 2.42. The Bertz CT molecular complexity index is 2950. The van der Waals surface area contributed by atoms with Crippen LogP contribution in [0.4, 0.5) is 17.1 Å². The maximum absolute atomic E-state index is 2.42. The van der Waals surface area contributed by atoms with Gasteiger partial charge in [0.05, 0.1) is 16.4 Å². The molecule has 0 saturated heterocycles. The molecule has 0 atom stereocenters. The number of aromatic nitrogens is 1. The van der Waals surface area contributed by atoms with Crippen LogP contribution >= 0.6 is 0 Å². The quantitative estimate of drug-likeness (QED) is 0.168. The van der Waals surface area contributed by atoms with Gasteiger partial charge in [-0.25, -0.2) is 0 Å². The van der Waals surface area contributed by atoms with Crippen molar-refractivity contribution < 1.29 is 0 Å². The number of nitrogens with zero attached hydrogens (tertiary/aromatic N) is 2. The first-order valence-electron chi connectivity index (χ1n) is 19.0. The summed E-state index contributed by atoms with van der Waals surface area (Å²) in [4.78, 5) is 2.41. The minimum absolute atomic E-state index is 0.486. The third-order valence-corrected chi connectivity index (χ3v) is 11.6. The molecule has 1 heterocycles. The lowest BCUT2D eigenvalue weighted by Gasteiger charge is -2.35. The summed E-state index contributed by atoms with van der Waals surface area (Å²) in [6, 6.07) is 80.1. The van der Waals surface area contributed by atoms with Crippen molar-refractivity contribution in [1.82, 2.24) is 4.57 Å². The number of benzene rings is 9. The van der Waals surface area contributed by atoms with Gasteiger partial charge in [-0.1, -0.05) is 158 Å². The van der Waals surface area contributed by atoms with E-state index in [-0.39, 0.29) is 0 Å². The third-order valence-electron chi connectivity index (χ3n) is 11.6. The number of fused-ring (bicyclic) bond motifs is 7. The molecule has 0 saturated carbocycles. The Morgan fingerprint density at radius 1 is 0.345 bits per heavy atom. The number of hydrogen-bond donors (Lipinski definition) is 0. The fourth-order valence-electron chi connectivity index (χ4n) is 9.30. The van der Waals surface area contributed by atoms with Crippen LogP contribution in [0.5, 0.6) is 0 Å². The van der Waals surface area contributed by atoms with Crippen molar-refractivity contribution >= 4 is 49.6 Å². The average Bonchev–Trinajstić information content (AvgIpc) is 3.76. The Labute approximate surface area is 320 Å². The van der Waals surface area contributed by atoms with Crippen molar-refractivity contribution in [2.75, 3.05) is 4.90 Å². The van der Waals surface area contributed by atoms with E-state index in [4.69, 9.17) is 0 Å². The topological polar surface area (TPSA) is 8.17 Å². The van der Waals surface area contributed by atoms with Crippen molar-refractivity contribution in [1.29, 1.82) is 0 Å². The molecule has 0 aliphatic heterocycles. The Balaban J connectivity index is 1.12. The van der Waals surface area contributed by atoms with E-state index in [2.05, 4.69) is 228 Å². The zero-order valence-corrected chi connectivity index (χ0v) is 30.2. The molecule has 0 N–H and O–H groups in total. The molecule has 0 spiro atoms. The first kappa shape index (κ1) is 31.4. The molecule has 0 fully saturated rings. The average molecular weight is 701 g/mol. The standard InChI is InChI=1S/C53H36N2/c1-2-17-39(18-3-1)53(49-25-10-6-21-45(49)46-22-7-11-26-50(46)53)40-19-14-20-43(36-40)54(44-30-29-37-15-4-5-16-38(37)35-44)41-31-33-42(34-32-41)55-51-27-12-8-23-47(51)48-24-9-13-28-52(48)55/h1-36H. The summed E-state index contributed by atoms with van der Waals surface area (Å²) in [7, 11) is 0. The molecule has 0 radical (unpaired) electrons. The molecule has 1 aliphatic carbocycles. The van der Waals surface area contributed by atoms with Crippen molar-refractivity contribution in [3.8, 4) is 16.8 Å². The van der Waals surface area contributed by atoms with E-state index >= 15 is 0 Å². The molecule has 2 heteroatoms. The summed E-state index contributed by atoms with van der Waals surface area (Å²) in [5.74, 6) is 0. The van der Waals surface area contributed by atoms with Gasteiger partial charge in [-0.05, 0) is 105 Å². The molecule has 0 unspecified atom stereocenters. The van der Waals surface area contributed by atoms with Crippen molar-refractivity contribution in [3.05, 3.63) is 241 Å². The van der Waals surface area contributed by atoms with Crippen LogP contribution in [0.15, 0.2) is 218 Å². The van der Waals surface area contributed by atoms with E-state index in [1.165, 1.54) is 66.0 Å². The van der Waals surface area contributed by atoms with Gasteiger partial charge in [0.1, 0.15) is 0 Å². The highest BCUT2D eigenvalue weighted by Crippen LogP contribution is 2.56. The molecule has 55 heavy (non-hydrogen) atoms. The highest BCUT2D eigenvalue weighted by molar-refractivity contribution is 6.09. The first-order chi connectivity index (χ1) is 27.3. The molecular formula is C53H36N2. The Hall–Kier alpha value is -7.16. The zero-order valence-electron chi connectivity index (χ0n) is 30.2. The Morgan fingerprint density at radius 2 is 0.873 bits per heavy atom. The lowest BCUT2D eigenvalue weighted by atomic mass is 9.67. The number of para-hydroxylation sites is 2. The van der Waals surface area contributed by atoms with Crippen molar-refractivity contribution in [2.45, 2.75) is 5.41 Å². The minimum atomic E-state index is -0.486. The fourth-order valence-corrected chi connectivity index (χ4v) is 9.30. The van der Waals surface area contributed by atoms with Gasteiger partial charge in [0, 0.05) is 33.5 Å². The largest absolute Gasteiger partial charge is 0.310 e. The van der Waals surface area contributed by atoms with Gasteiger partial charge in [0.15, 0.2) is 0 Å². The van der Waals surface area contributed by atoms with E-state index < -0.39 is 5.41 Å². The second kappa shape index (κ2) is 12.5.